The molecule has 1 aliphatic carbocycles. The summed E-state index contributed by atoms with van der Waals surface area (Å²) in [6, 6.07) is 0. The largest absolute Gasteiger partial charge is 0.389 e. The van der Waals surface area contributed by atoms with Gasteiger partial charge in [-0.1, -0.05) is 19.8 Å². The number of nitrogens with one attached hydrogen (secondary N) is 1. The molecule has 0 radical (unpaired) electrons. The van der Waals surface area contributed by atoms with E-state index in [-0.39, 0.29) is 0 Å². The molecule has 11 heavy (non-hydrogen) atoms. The van der Waals surface area contributed by atoms with Gasteiger partial charge in [-0.05, 0) is 25.8 Å². The maximum atomic E-state index is 9.79. The van der Waals surface area contributed by atoms with E-state index in [4.69, 9.17) is 0 Å². The van der Waals surface area contributed by atoms with E-state index in [1.165, 1.54) is 12.8 Å². The normalized spacial score (nSPS) is 23.2. The molecule has 0 heterocycles. The highest BCUT2D eigenvalue weighted by Gasteiger charge is 2.30. The van der Waals surface area contributed by atoms with Gasteiger partial charge in [0.1, 0.15) is 0 Å². The Hall–Kier alpha value is -0.0800. The summed E-state index contributed by atoms with van der Waals surface area (Å²) >= 11 is 0. The third-order valence-corrected chi connectivity index (χ3v) is 2.18. The number of aliphatic hydroxyl groups is 1. The first-order chi connectivity index (χ1) is 5.14. The van der Waals surface area contributed by atoms with Crippen LogP contribution in [-0.4, -0.2) is 23.8 Å². The summed E-state index contributed by atoms with van der Waals surface area (Å²) in [7, 11) is 0. The van der Waals surface area contributed by atoms with Crippen molar-refractivity contribution >= 4 is 0 Å². The molecule has 0 bridgehead atoms. The third kappa shape index (κ3) is 3.73. The average Bonchev–Trinajstić information content (AvgIpc) is 2.67. The van der Waals surface area contributed by atoms with E-state index in [1.54, 1.807) is 0 Å². The lowest BCUT2D eigenvalue weighted by Crippen LogP contribution is -2.38. The molecular weight excluding hydrogens is 138 g/mol. The van der Waals surface area contributed by atoms with Crippen LogP contribution in [0.25, 0.3) is 0 Å². The Balaban J connectivity index is 2.14. The molecule has 1 fully saturated rings. The SMILES string of the molecule is CCNCC(C)(O)CC1CC1. The topological polar surface area (TPSA) is 32.3 Å². The summed E-state index contributed by atoms with van der Waals surface area (Å²) in [4.78, 5) is 0. The first kappa shape index (κ1) is 9.01. The highest BCUT2D eigenvalue weighted by molar-refractivity contribution is 4.84. The Morgan fingerprint density at radius 1 is 1.55 bits per heavy atom. The Morgan fingerprint density at radius 2 is 2.18 bits per heavy atom. The molecule has 1 unspecified atom stereocenters. The van der Waals surface area contributed by atoms with E-state index in [0.29, 0.717) is 0 Å². The average molecular weight is 157 g/mol. The molecule has 0 aliphatic heterocycles. The molecule has 0 aromatic heterocycles. The van der Waals surface area contributed by atoms with Gasteiger partial charge in [-0.25, -0.2) is 0 Å². The van der Waals surface area contributed by atoms with E-state index in [1.807, 2.05) is 6.92 Å². The summed E-state index contributed by atoms with van der Waals surface area (Å²) < 4.78 is 0. The zero-order valence-electron chi connectivity index (χ0n) is 7.56. The molecule has 1 saturated carbocycles. The fraction of sp³-hybridized carbons (Fsp3) is 1.00. The minimum atomic E-state index is -0.475. The minimum absolute atomic E-state index is 0.475. The van der Waals surface area contributed by atoms with E-state index in [2.05, 4.69) is 12.2 Å². The van der Waals surface area contributed by atoms with Crippen LogP contribution in [0.1, 0.15) is 33.1 Å². The van der Waals surface area contributed by atoms with E-state index in [0.717, 1.165) is 25.4 Å². The van der Waals surface area contributed by atoms with Crippen LogP contribution in [0.2, 0.25) is 0 Å². The summed E-state index contributed by atoms with van der Waals surface area (Å²) in [6.07, 6.45) is 3.62. The quantitative estimate of drug-likeness (QED) is 0.627. The number of rotatable bonds is 5. The van der Waals surface area contributed by atoms with Crippen LogP contribution >= 0.6 is 0 Å². The van der Waals surface area contributed by atoms with Gasteiger partial charge >= 0.3 is 0 Å². The minimum Gasteiger partial charge on any atom is -0.389 e. The second kappa shape index (κ2) is 3.55. The summed E-state index contributed by atoms with van der Waals surface area (Å²) in [5.41, 5.74) is -0.475. The van der Waals surface area contributed by atoms with Crippen LogP contribution in [0.5, 0.6) is 0 Å². The number of likely N-dealkylation sites (N-methyl/N-ethyl adjacent to an activating group) is 1. The third-order valence-electron chi connectivity index (χ3n) is 2.18. The molecule has 0 aromatic rings. The zero-order chi connectivity index (χ0) is 8.32. The highest BCUT2D eigenvalue weighted by atomic mass is 16.3. The number of hydrogen-bond donors (Lipinski definition) is 2. The van der Waals surface area contributed by atoms with E-state index < -0.39 is 5.60 Å². The smallest absolute Gasteiger partial charge is 0.0746 e. The van der Waals surface area contributed by atoms with Crippen molar-refractivity contribution in [1.82, 2.24) is 5.32 Å². The molecule has 1 atom stereocenters. The Kier molecular flexibility index (Phi) is 2.90. The van der Waals surface area contributed by atoms with Crippen LogP contribution < -0.4 is 5.32 Å². The van der Waals surface area contributed by atoms with Gasteiger partial charge in [-0.3, -0.25) is 0 Å². The molecule has 0 aromatic carbocycles. The second-order valence-corrected chi connectivity index (χ2v) is 3.92. The zero-order valence-corrected chi connectivity index (χ0v) is 7.56. The Morgan fingerprint density at radius 3 is 2.64 bits per heavy atom. The summed E-state index contributed by atoms with van der Waals surface area (Å²) in [6.45, 7) is 5.67. The van der Waals surface area contributed by atoms with Crippen molar-refractivity contribution in [3.8, 4) is 0 Å². The lowest BCUT2D eigenvalue weighted by Gasteiger charge is -2.23. The number of hydrogen-bond acceptors (Lipinski definition) is 2. The van der Waals surface area contributed by atoms with Crippen LogP contribution in [0.3, 0.4) is 0 Å². The van der Waals surface area contributed by atoms with Crippen molar-refractivity contribution in [2.24, 2.45) is 5.92 Å². The van der Waals surface area contributed by atoms with Gasteiger partial charge in [0.25, 0.3) is 0 Å². The Labute approximate surface area is 69.0 Å². The molecular formula is C9H19NO. The second-order valence-electron chi connectivity index (χ2n) is 3.92. The molecule has 0 amide bonds. The van der Waals surface area contributed by atoms with Crippen LogP contribution in [0.15, 0.2) is 0 Å². The van der Waals surface area contributed by atoms with Crippen LogP contribution in [0, 0.1) is 5.92 Å². The first-order valence-electron chi connectivity index (χ1n) is 4.57. The lowest BCUT2D eigenvalue weighted by molar-refractivity contribution is 0.0457. The van der Waals surface area contributed by atoms with E-state index >= 15 is 0 Å². The summed E-state index contributed by atoms with van der Waals surface area (Å²) in [5, 5.41) is 13.0. The maximum Gasteiger partial charge on any atom is 0.0746 e. The molecule has 0 spiro atoms. The van der Waals surface area contributed by atoms with Crippen LogP contribution in [0.4, 0.5) is 0 Å². The highest BCUT2D eigenvalue weighted by Crippen LogP contribution is 2.36. The fourth-order valence-corrected chi connectivity index (χ4v) is 1.41. The van der Waals surface area contributed by atoms with Gasteiger partial charge in [0.2, 0.25) is 0 Å². The van der Waals surface area contributed by atoms with Crippen molar-refractivity contribution in [3.63, 3.8) is 0 Å². The van der Waals surface area contributed by atoms with Gasteiger partial charge in [0, 0.05) is 6.54 Å². The van der Waals surface area contributed by atoms with E-state index in [9.17, 15) is 5.11 Å². The van der Waals surface area contributed by atoms with Gasteiger partial charge in [0.05, 0.1) is 5.60 Å². The van der Waals surface area contributed by atoms with Gasteiger partial charge in [0.15, 0.2) is 0 Å². The van der Waals surface area contributed by atoms with Crippen molar-refractivity contribution in [2.45, 2.75) is 38.7 Å². The molecule has 2 heteroatoms. The predicted octanol–water partition coefficient (Wildman–Crippen LogP) is 1.15. The molecule has 66 valence electrons. The standard InChI is InChI=1S/C9H19NO/c1-3-10-7-9(2,11)6-8-4-5-8/h8,10-11H,3-7H2,1-2H3. The molecule has 2 nitrogen and oxygen atoms in total. The lowest BCUT2D eigenvalue weighted by atomic mass is 9.99. The monoisotopic (exact) mass is 157 g/mol. The van der Waals surface area contributed by atoms with Crippen LogP contribution in [-0.2, 0) is 0 Å². The summed E-state index contributed by atoms with van der Waals surface area (Å²) in [5.74, 6) is 0.809. The molecule has 0 saturated heterocycles. The van der Waals surface area contributed by atoms with Crippen molar-refractivity contribution in [3.05, 3.63) is 0 Å². The molecule has 1 rings (SSSR count). The predicted molar refractivity (Wildman–Crippen MR) is 46.5 cm³/mol. The van der Waals surface area contributed by atoms with Crippen molar-refractivity contribution < 1.29 is 5.11 Å². The van der Waals surface area contributed by atoms with Crippen molar-refractivity contribution in [1.29, 1.82) is 0 Å². The molecule has 1 aliphatic rings. The first-order valence-corrected chi connectivity index (χ1v) is 4.57. The Bertz CT molecular complexity index is 119. The van der Waals surface area contributed by atoms with Gasteiger partial charge in [-0.15, -0.1) is 0 Å². The van der Waals surface area contributed by atoms with Gasteiger partial charge in [-0.2, -0.15) is 0 Å². The molecule has 2 N–H and O–H groups in total. The maximum absolute atomic E-state index is 9.79. The fourth-order valence-electron chi connectivity index (χ4n) is 1.41. The van der Waals surface area contributed by atoms with Crippen molar-refractivity contribution in [2.75, 3.05) is 13.1 Å². The van der Waals surface area contributed by atoms with Gasteiger partial charge < -0.3 is 10.4 Å².